The van der Waals surface area contributed by atoms with E-state index in [-0.39, 0.29) is 11.8 Å². The van der Waals surface area contributed by atoms with Gasteiger partial charge in [0.15, 0.2) is 11.6 Å². The number of phenolic OH excluding ortho intramolecular Hbond substituents is 1. The summed E-state index contributed by atoms with van der Waals surface area (Å²) < 4.78 is 13.2. The van der Waals surface area contributed by atoms with Gasteiger partial charge in [-0.15, -0.1) is 0 Å². The van der Waals surface area contributed by atoms with Crippen LogP contribution in [-0.4, -0.2) is 5.11 Å². The molecule has 0 aliphatic heterocycles. The van der Waals surface area contributed by atoms with E-state index >= 15 is 0 Å². The van der Waals surface area contributed by atoms with E-state index in [4.69, 9.17) is 10.8 Å². The molecule has 1 aromatic carbocycles. The number of benzene rings is 1. The standard InChI is InChI=1S/C9H10FNO/c10-9-7(12)4-2-5-1-3-6(11)8(5)9/h2,4,6,12H,1,3,11H2/t6-/m0/s1. The number of aromatic hydroxyl groups is 1. The maximum Gasteiger partial charge on any atom is 0.169 e. The van der Waals surface area contributed by atoms with Gasteiger partial charge >= 0.3 is 0 Å². The normalized spacial score (nSPS) is 21.0. The minimum atomic E-state index is -0.544. The van der Waals surface area contributed by atoms with E-state index in [2.05, 4.69) is 0 Å². The van der Waals surface area contributed by atoms with Crippen molar-refractivity contribution in [1.29, 1.82) is 0 Å². The SMILES string of the molecule is N[C@H]1CCc2ccc(O)c(F)c21. The molecule has 0 spiro atoms. The summed E-state index contributed by atoms with van der Waals surface area (Å²) in [5.74, 6) is -0.844. The lowest BCUT2D eigenvalue weighted by Crippen LogP contribution is -2.07. The van der Waals surface area contributed by atoms with Crippen molar-refractivity contribution < 1.29 is 9.50 Å². The van der Waals surface area contributed by atoms with Gasteiger partial charge in [-0.25, -0.2) is 4.39 Å². The molecule has 1 aliphatic rings. The van der Waals surface area contributed by atoms with Gasteiger partial charge in [0, 0.05) is 11.6 Å². The molecule has 0 unspecified atom stereocenters. The highest BCUT2D eigenvalue weighted by Crippen LogP contribution is 2.34. The van der Waals surface area contributed by atoms with Crippen molar-refractivity contribution >= 4 is 0 Å². The highest BCUT2D eigenvalue weighted by atomic mass is 19.1. The van der Waals surface area contributed by atoms with Crippen molar-refractivity contribution in [1.82, 2.24) is 0 Å². The van der Waals surface area contributed by atoms with Crippen LogP contribution in [0.3, 0.4) is 0 Å². The molecule has 1 aromatic rings. The number of nitrogens with two attached hydrogens (primary N) is 1. The van der Waals surface area contributed by atoms with Crippen LogP contribution in [0.5, 0.6) is 5.75 Å². The second kappa shape index (κ2) is 2.45. The number of rotatable bonds is 0. The Morgan fingerprint density at radius 1 is 1.50 bits per heavy atom. The minimum absolute atomic E-state index is 0.243. The zero-order chi connectivity index (χ0) is 8.72. The molecule has 3 heteroatoms. The van der Waals surface area contributed by atoms with Crippen LogP contribution >= 0.6 is 0 Å². The van der Waals surface area contributed by atoms with Gasteiger partial charge in [0.05, 0.1) is 0 Å². The molecule has 0 aromatic heterocycles. The zero-order valence-electron chi connectivity index (χ0n) is 6.55. The summed E-state index contributed by atoms with van der Waals surface area (Å²) >= 11 is 0. The van der Waals surface area contributed by atoms with E-state index in [0.29, 0.717) is 5.56 Å². The molecule has 0 bridgehead atoms. The molecule has 0 fully saturated rings. The predicted molar refractivity (Wildman–Crippen MR) is 43.3 cm³/mol. The van der Waals surface area contributed by atoms with Gasteiger partial charge in [-0.2, -0.15) is 0 Å². The average molecular weight is 167 g/mol. The first-order valence-electron chi connectivity index (χ1n) is 3.96. The Kier molecular flexibility index (Phi) is 1.54. The van der Waals surface area contributed by atoms with Gasteiger partial charge in [0.2, 0.25) is 0 Å². The van der Waals surface area contributed by atoms with Gasteiger partial charge < -0.3 is 10.8 Å². The lowest BCUT2D eigenvalue weighted by molar-refractivity contribution is 0.426. The van der Waals surface area contributed by atoms with Crippen LogP contribution in [0.25, 0.3) is 0 Å². The van der Waals surface area contributed by atoms with E-state index in [1.807, 2.05) is 0 Å². The van der Waals surface area contributed by atoms with E-state index in [9.17, 15) is 4.39 Å². The number of fused-ring (bicyclic) bond motifs is 1. The monoisotopic (exact) mass is 167 g/mol. The minimum Gasteiger partial charge on any atom is -0.505 e. The van der Waals surface area contributed by atoms with Crippen LogP contribution in [0.15, 0.2) is 12.1 Å². The third-order valence-corrected chi connectivity index (χ3v) is 2.35. The molecule has 1 aliphatic carbocycles. The smallest absolute Gasteiger partial charge is 0.169 e. The van der Waals surface area contributed by atoms with E-state index in [1.165, 1.54) is 6.07 Å². The van der Waals surface area contributed by atoms with Crippen LogP contribution in [0.4, 0.5) is 4.39 Å². The fraction of sp³-hybridized carbons (Fsp3) is 0.333. The maximum absolute atomic E-state index is 13.2. The molecule has 2 rings (SSSR count). The predicted octanol–water partition coefficient (Wildman–Crippen LogP) is 1.48. The molecule has 0 amide bonds. The first-order valence-corrected chi connectivity index (χ1v) is 3.96. The quantitative estimate of drug-likeness (QED) is 0.614. The van der Waals surface area contributed by atoms with Crippen LogP contribution in [0, 0.1) is 5.82 Å². The summed E-state index contributed by atoms with van der Waals surface area (Å²) in [6.07, 6.45) is 1.59. The molecule has 12 heavy (non-hydrogen) atoms. The van der Waals surface area contributed by atoms with Crippen molar-refractivity contribution in [3.8, 4) is 5.75 Å². The van der Waals surface area contributed by atoms with E-state index in [0.717, 1.165) is 18.4 Å². The van der Waals surface area contributed by atoms with Crippen LogP contribution < -0.4 is 5.73 Å². The molecule has 0 heterocycles. The topological polar surface area (TPSA) is 46.2 Å². The summed E-state index contributed by atoms with van der Waals surface area (Å²) in [6, 6.07) is 2.87. The molecule has 0 saturated carbocycles. The summed E-state index contributed by atoms with van der Waals surface area (Å²) in [5, 5.41) is 9.07. The van der Waals surface area contributed by atoms with Crippen molar-refractivity contribution in [3.05, 3.63) is 29.1 Å². The number of aryl methyl sites for hydroxylation is 1. The second-order valence-electron chi connectivity index (χ2n) is 3.12. The van der Waals surface area contributed by atoms with Gasteiger partial charge in [0.1, 0.15) is 0 Å². The molecular weight excluding hydrogens is 157 g/mol. The van der Waals surface area contributed by atoms with Gasteiger partial charge in [0.25, 0.3) is 0 Å². The number of phenols is 1. The Morgan fingerprint density at radius 3 is 3.00 bits per heavy atom. The number of hydrogen-bond acceptors (Lipinski definition) is 2. The first kappa shape index (κ1) is 7.55. The molecule has 1 atom stereocenters. The fourth-order valence-corrected chi connectivity index (χ4v) is 1.70. The van der Waals surface area contributed by atoms with Crippen molar-refractivity contribution in [2.75, 3.05) is 0 Å². The van der Waals surface area contributed by atoms with Crippen LogP contribution in [0.2, 0.25) is 0 Å². The third-order valence-electron chi connectivity index (χ3n) is 2.35. The second-order valence-corrected chi connectivity index (χ2v) is 3.12. The molecule has 64 valence electrons. The molecule has 0 radical (unpaired) electrons. The van der Waals surface area contributed by atoms with Crippen molar-refractivity contribution in [2.45, 2.75) is 18.9 Å². The third kappa shape index (κ3) is 0.898. The largest absolute Gasteiger partial charge is 0.505 e. The summed E-state index contributed by atoms with van der Waals surface area (Å²) in [5.41, 5.74) is 7.09. The lowest BCUT2D eigenvalue weighted by atomic mass is 10.1. The van der Waals surface area contributed by atoms with Crippen molar-refractivity contribution in [2.24, 2.45) is 5.73 Å². The van der Waals surface area contributed by atoms with Crippen molar-refractivity contribution in [3.63, 3.8) is 0 Å². The molecule has 0 saturated heterocycles. The number of halogens is 1. The molecule has 3 N–H and O–H groups in total. The maximum atomic E-state index is 13.2. The Balaban J connectivity index is 2.63. The van der Waals surface area contributed by atoms with Crippen LogP contribution in [-0.2, 0) is 6.42 Å². The first-order chi connectivity index (χ1) is 5.70. The van der Waals surface area contributed by atoms with E-state index in [1.54, 1.807) is 6.07 Å². The number of hydrogen-bond donors (Lipinski definition) is 2. The highest BCUT2D eigenvalue weighted by molar-refractivity contribution is 5.41. The Hall–Kier alpha value is -1.09. The summed E-state index contributed by atoms with van der Waals surface area (Å²) in [4.78, 5) is 0. The highest BCUT2D eigenvalue weighted by Gasteiger charge is 2.24. The Morgan fingerprint density at radius 2 is 2.25 bits per heavy atom. The fourth-order valence-electron chi connectivity index (χ4n) is 1.70. The molecular formula is C9H10FNO. The lowest BCUT2D eigenvalue weighted by Gasteiger charge is -2.06. The summed E-state index contributed by atoms with van der Waals surface area (Å²) in [7, 11) is 0. The molecule has 2 nitrogen and oxygen atoms in total. The summed E-state index contributed by atoms with van der Waals surface area (Å²) in [6.45, 7) is 0. The average Bonchev–Trinajstić information content (AvgIpc) is 2.41. The zero-order valence-corrected chi connectivity index (χ0v) is 6.55. The van der Waals surface area contributed by atoms with E-state index < -0.39 is 5.82 Å². The Labute approximate surface area is 69.8 Å². The van der Waals surface area contributed by atoms with Crippen LogP contribution in [0.1, 0.15) is 23.6 Å². The van der Waals surface area contributed by atoms with Gasteiger partial charge in [-0.1, -0.05) is 6.07 Å². The van der Waals surface area contributed by atoms with Gasteiger partial charge in [-0.05, 0) is 24.5 Å². The van der Waals surface area contributed by atoms with Gasteiger partial charge in [-0.3, -0.25) is 0 Å². The Bertz CT molecular complexity index is 325.